The molecule has 0 aliphatic heterocycles. The number of hydrogen-bond donors (Lipinski definition) is 0. The van der Waals surface area contributed by atoms with Gasteiger partial charge in [-0.3, -0.25) is 0 Å². The molecule has 2 heteroatoms. The molecule has 0 saturated heterocycles. The molecule has 9 heavy (non-hydrogen) atoms. The molecule has 0 aliphatic rings. The van der Waals surface area contributed by atoms with E-state index in [2.05, 4.69) is 28.7 Å². The van der Waals surface area contributed by atoms with Gasteiger partial charge in [0.1, 0.15) is 0 Å². The smallest absolute Gasteiger partial charge is 0.0991 e. The number of nitriles is 1. The predicted molar refractivity (Wildman–Crippen MR) is 43.9 cm³/mol. The molecule has 0 aliphatic carbocycles. The maximum atomic E-state index is 8.38. The van der Waals surface area contributed by atoms with Crippen molar-refractivity contribution in [1.82, 2.24) is 0 Å². The second-order valence-corrected chi connectivity index (χ2v) is 2.86. The molecule has 0 radical (unpaired) electrons. The van der Waals surface area contributed by atoms with Gasteiger partial charge in [0, 0.05) is 3.57 Å². The highest BCUT2D eigenvalue weighted by atomic mass is 127. The van der Waals surface area contributed by atoms with Crippen LogP contribution in [0.5, 0.6) is 0 Å². The molecule has 1 aromatic rings. The minimum Gasteiger partial charge on any atom is -0.192 e. The highest BCUT2D eigenvalue weighted by Crippen LogP contribution is 2.04. The normalized spacial score (nSPS) is 8.44. The number of benzene rings is 1. The van der Waals surface area contributed by atoms with Gasteiger partial charge in [0.2, 0.25) is 0 Å². The van der Waals surface area contributed by atoms with Crippen LogP contribution in [0, 0.1) is 14.9 Å². The summed E-state index contributed by atoms with van der Waals surface area (Å²) >= 11 is 2.20. The van der Waals surface area contributed by atoms with Crippen molar-refractivity contribution in [3.05, 3.63) is 33.4 Å². The summed E-state index contributed by atoms with van der Waals surface area (Å²) in [6, 6.07) is 9.50. The van der Waals surface area contributed by atoms with Gasteiger partial charge in [-0.1, -0.05) is 0 Å². The van der Waals surface area contributed by atoms with E-state index in [0.29, 0.717) is 0 Å². The van der Waals surface area contributed by atoms with Crippen molar-refractivity contribution in [2.75, 3.05) is 0 Å². The summed E-state index contributed by atoms with van der Waals surface area (Å²) in [5.41, 5.74) is 0.718. The summed E-state index contributed by atoms with van der Waals surface area (Å²) < 4.78 is 1.16. The van der Waals surface area contributed by atoms with E-state index < -0.39 is 0 Å². The van der Waals surface area contributed by atoms with Gasteiger partial charge < -0.3 is 0 Å². The summed E-state index contributed by atoms with van der Waals surface area (Å²) in [5, 5.41) is 8.38. The zero-order valence-corrected chi connectivity index (χ0v) is 6.79. The van der Waals surface area contributed by atoms with Crippen LogP contribution >= 0.6 is 22.6 Å². The zero-order valence-electron chi connectivity index (χ0n) is 4.63. The molecule has 0 atom stereocenters. The molecule has 1 nitrogen and oxygen atoms in total. The number of nitrogens with zero attached hydrogens (tertiary/aromatic N) is 1. The Morgan fingerprint density at radius 2 is 1.78 bits per heavy atom. The van der Waals surface area contributed by atoms with E-state index in [-0.39, 0.29) is 0 Å². The Morgan fingerprint density at radius 3 is 2.22 bits per heavy atom. The Hall–Kier alpha value is -0.560. The minimum absolute atomic E-state index is 0.718. The summed E-state index contributed by atoms with van der Waals surface area (Å²) in [6.45, 7) is 0. The van der Waals surface area contributed by atoms with Crippen LogP contribution in [0.4, 0.5) is 0 Å². The molecule has 0 amide bonds. The Labute approximate surface area is 67.5 Å². The molecule has 0 unspecified atom stereocenters. The van der Waals surface area contributed by atoms with Crippen LogP contribution < -0.4 is 0 Å². The van der Waals surface area contributed by atoms with Crippen molar-refractivity contribution in [1.29, 1.82) is 5.26 Å². The first kappa shape index (κ1) is 6.56. The summed E-state index contributed by atoms with van der Waals surface area (Å²) in [6.07, 6.45) is 0. The first-order chi connectivity index (χ1) is 4.33. The van der Waals surface area contributed by atoms with E-state index in [9.17, 15) is 0 Å². The zero-order chi connectivity index (χ0) is 6.69. The van der Waals surface area contributed by atoms with Crippen LogP contribution in [0.1, 0.15) is 5.56 Å². The lowest BCUT2D eigenvalue weighted by atomic mass is 10.3. The number of halogens is 1. The molecule has 0 spiro atoms. The highest BCUT2D eigenvalue weighted by Gasteiger charge is 1.86. The third-order valence-corrected chi connectivity index (χ3v) is 1.69. The second kappa shape index (κ2) is 2.83. The van der Waals surface area contributed by atoms with Crippen LogP contribution in [0.3, 0.4) is 0 Å². The minimum atomic E-state index is 0.718. The molecule has 1 rings (SSSR count). The first-order valence-electron chi connectivity index (χ1n) is 2.48. The van der Waals surface area contributed by atoms with E-state index in [1.165, 1.54) is 0 Å². The lowest BCUT2D eigenvalue weighted by Crippen LogP contribution is -1.72. The van der Waals surface area contributed by atoms with Crippen LogP contribution in [0.25, 0.3) is 0 Å². The first-order valence-corrected chi connectivity index (χ1v) is 3.56. The van der Waals surface area contributed by atoms with E-state index in [1.807, 2.05) is 24.3 Å². The van der Waals surface area contributed by atoms with Crippen molar-refractivity contribution in [2.45, 2.75) is 0 Å². The van der Waals surface area contributed by atoms with E-state index >= 15 is 0 Å². The van der Waals surface area contributed by atoms with Gasteiger partial charge in [0.05, 0.1) is 11.6 Å². The van der Waals surface area contributed by atoms with Crippen molar-refractivity contribution in [2.24, 2.45) is 0 Å². The molecule has 0 aromatic heterocycles. The van der Waals surface area contributed by atoms with Crippen LogP contribution in [0.2, 0.25) is 0 Å². The van der Waals surface area contributed by atoms with Gasteiger partial charge in [-0.05, 0) is 46.9 Å². The molecular weight excluding hydrogens is 226 g/mol. The summed E-state index contributed by atoms with van der Waals surface area (Å²) in [4.78, 5) is 0. The number of hydrogen-bond acceptors (Lipinski definition) is 1. The third-order valence-electron chi connectivity index (χ3n) is 0.973. The predicted octanol–water partition coefficient (Wildman–Crippen LogP) is 2.16. The molecule has 0 fully saturated rings. The summed E-state index contributed by atoms with van der Waals surface area (Å²) in [7, 11) is 0. The average molecular weight is 230 g/mol. The average Bonchev–Trinajstić information content (AvgIpc) is 1.90. The third kappa shape index (κ3) is 1.68. The monoisotopic (exact) mass is 230 g/mol. The van der Waals surface area contributed by atoms with Crippen LogP contribution in [-0.4, -0.2) is 0 Å². The SMILES string of the molecule is N#[13C]c1ccc(I)cc1. The van der Waals surface area contributed by atoms with Crippen LogP contribution in [0.15, 0.2) is 24.3 Å². The fourth-order valence-corrected chi connectivity index (χ4v) is 0.884. The maximum absolute atomic E-state index is 8.38. The van der Waals surface area contributed by atoms with Gasteiger partial charge >= 0.3 is 0 Å². The number of rotatable bonds is 0. The fourth-order valence-electron chi connectivity index (χ4n) is 0.524. The second-order valence-electron chi connectivity index (χ2n) is 1.62. The summed E-state index contributed by atoms with van der Waals surface area (Å²) in [5.74, 6) is 0. The molecule has 1 aromatic carbocycles. The Balaban J connectivity index is 3.06. The van der Waals surface area contributed by atoms with E-state index in [4.69, 9.17) is 5.26 Å². The van der Waals surface area contributed by atoms with Crippen molar-refractivity contribution in [3.8, 4) is 6.07 Å². The molecule has 0 saturated carbocycles. The van der Waals surface area contributed by atoms with Crippen molar-refractivity contribution < 1.29 is 0 Å². The molecule has 0 heterocycles. The van der Waals surface area contributed by atoms with Gasteiger partial charge in [-0.15, -0.1) is 0 Å². The quantitative estimate of drug-likeness (QED) is 0.494. The van der Waals surface area contributed by atoms with E-state index in [1.54, 1.807) is 0 Å². The molecule has 0 bridgehead atoms. The Morgan fingerprint density at radius 1 is 1.22 bits per heavy atom. The van der Waals surface area contributed by atoms with Gasteiger partial charge in [0.15, 0.2) is 0 Å². The molecule has 44 valence electrons. The van der Waals surface area contributed by atoms with Crippen molar-refractivity contribution >= 4 is 22.6 Å². The van der Waals surface area contributed by atoms with Gasteiger partial charge in [0.25, 0.3) is 0 Å². The standard InChI is InChI=1S/C7H4IN/c8-7-3-1-6(5-9)2-4-7/h1-4H/i5+1. The largest absolute Gasteiger partial charge is 0.192 e. The van der Waals surface area contributed by atoms with Gasteiger partial charge in [-0.25, -0.2) is 0 Å². The lowest BCUT2D eigenvalue weighted by Gasteiger charge is -1.86. The van der Waals surface area contributed by atoms with E-state index in [0.717, 1.165) is 9.13 Å². The highest BCUT2D eigenvalue weighted by molar-refractivity contribution is 14.1. The topological polar surface area (TPSA) is 23.8 Å². The fraction of sp³-hybridized carbons (Fsp3) is 0. The Bertz CT molecular complexity index is 232. The Kier molecular flexibility index (Phi) is 2.06. The lowest BCUT2D eigenvalue weighted by molar-refractivity contribution is 1.48. The molecule has 0 N–H and O–H groups in total. The van der Waals surface area contributed by atoms with Crippen LogP contribution in [-0.2, 0) is 0 Å². The van der Waals surface area contributed by atoms with Gasteiger partial charge in [-0.2, -0.15) is 5.26 Å². The van der Waals surface area contributed by atoms with Crippen molar-refractivity contribution in [3.63, 3.8) is 0 Å². The maximum Gasteiger partial charge on any atom is 0.0991 e. The molecular formula is C7H4IN.